The van der Waals surface area contributed by atoms with Gasteiger partial charge < -0.3 is 10.4 Å². The zero-order valence-electron chi connectivity index (χ0n) is 15.2. The number of imide groups is 1. The third-order valence-electron chi connectivity index (χ3n) is 4.04. The molecule has 154 valence electrons. The zero-order valence-corrected chi connectivity index (χ0v) is 17.5. The van der Waals surface area contributed by atoms with Crippen LogP contribution in [0.4, 0.5) is 11.4 Å². The number of para-hydroxylation sites is 1. The van der Waals surface area contributed by atoms with Gasteiger partial charge in [0.1, 0.15) is 0 Å². The van der Waals surface area contributed by atoms with Crippen molar-refractivity contribution >= 4 is 70.0 Å². The molecule has 30 heavy (non-hydrogen) atoms. The minimum atomic E-state index is -1.22. The number of anilines is 2. The van der Waals surface area contributed by atoms with Crippen LogP contribution in [0.2, 0.25) is 10.0 Å². The van der Waals surface area contributed by atoms with Gasteiger partial charge in [0.05, 0.1) is 21.0 Å². The first-order valence-electron chi connectivity index (χ1n) is 8.56. The maximum atomic E-state index is 12.8. The predicted octanol–water partition coefficient (Wildman–Crippen LogP) is 4.00. The molecule has 0 saturated carbocycles. The second kappa shape index (κ2) is 9.34. The molecule has 1 atom stereocenters. The van der Waals surface area contributed by atoms with Crippen molar-refractivity contribution in [3.05, 3.63) is 64.7 Å². The minimum Gasteiger partial charge on any atom is -0.478 e. The summed E-state index contributed by atoms with van der Waals surface area (Å²) in [7, 11) is 0. The number of hydrogen-bond acceptors (Lipinski definition) is 5. The monoisotopic (exact) mass is 464 g/mol. The molecule has 1 saturated heterocycles. The lowest BCUT2D eigenvalue weighted by molar-refractivity contribution is -0.131. The van der Waals surface area contributed by atoms with E-state index in [0.29, 0.717) is 10.6 Å². The molecule has 2 aromatic carbocycles. The highest BCUT2D eigenvalue weighted by Gasteiger charge is 2.41. The van der Waals surface area contributed by atoms with E-state index in [1.807, 2.05) is 0 Å². The number of nitrogens with one attached hydrogen (secondary N) is 1. The van der Waals surface area contributed by atoms with Crippen LogP contribution in [-0.4, -0.2) is 34.0 Å². The number of carbonyl (C=O) groups excluding carboxylic acids is 3. The van der Waals surface area contributed by atoms with Gasteiger partial charge in [0.15, 0.2) is 0 Å². The second-order valence-corrected chi connectivity index (χ2v) is 8.22. The standard InChI is InChI=1S/C20H14Cl2N2O5S/c21-13-2-1-3-14(22)19(13)24-17(26)10-15(20(24)29)30-12-6-4-11(5-7-12)23-16(25)8-9-18(27)28/h1-9,15H,10H2,(H,23,25)(H,27,28)/b9-8+. The van der Waals surface area contributed by atoms with E-state index >= 15 is 0 Å². The highest BCUT2D eigenvalue weighted by Crippen LogP contribution is 2.40. The van der Waals surface area contributed by atoms with Gasteiger partial charge in [-0.3, -0.25) is 14.4 Å². The molecule has 0 aromatic heterocycles. The predicted molar refractivity (Wildman–Crippen MR) is 115 cm³/mol. The molecule has 1 unspecified atom stereocenters. The van der Waals surface area contributed by atoms with Crippen molar-refractivity contribution < 1.29 is 24.3 Å². The molecule has 0 bridgehead atoms. The number of rotatable bonds is 6. The van der Waals surface area contributed by atoms with Crippen LogP contribution in [0.3, 0.4) is 0 Å². The van der Waals surface area contributed by atoms with Crippen molar-refractivity contribution in [2.24, 2.45) is 0 Å². The first kappa shape index (κ1) is 21.9. The van der Waals surface area contributed by atoms with Gasteiger partial charge in [-0.1, -0.05) is 29.3 Å². The van der Waals surface area contributed by atoms with Gasteiger partial charge >= 0.3 is 5.97 Å². The Kier molecular flexibility index (Phi) is 6.81. The van der Waals surface area contributed by atoms with E-state index in [9.17, 15) is 19.2 Å². The van der Waals surface area contributed by atoms with Crippen LogP contribution in [-0.2, 0) is 19.2 Å². The molecule has 2 aromatic rings. The van der Waals surface area contributed by atoms with Gasteiger partial charge in [0.2, 0.25) is 17.7 Å². The van der Waals surface area contributed by atoms with Crippen LogP contribution in [0.25, 0.3) is 0 Å². The number of benzene rings is 2. The molecule has 1 aliphatic rings. The van der Waals surface area contributed by atoms with Crippen LogP contribution >= 0.6 is 35.0 Å². The third kappa shape index (κ3) is 5.02. The van der Waals surface area contributed by atoms with Gasteiger partial charge in [-0.15, -0.1) is 11.8 Å². The lowest BCUT2D eigenvalue weighted by Crippen LogP contribution is -2.31. The van der Waals surface area contributed by atoms with E-state index in [2.05, 4.69) is 5.32 Å². The minimum absolute atomic E-state index is 0.00349. The van der Waals surface area contributed by atoms with E-state index < -0.39 is 23.0 Å². The second-order valence-electron chi connectivity index (χ2n) is 6.13. The summed E-state index contributed by atoms with van der Waals surface area (Å²) in [6.45, 7) is 0. The Morgan fingerprint density at radius 3 is 2.30 bits per heavy atom. The van der Waals surface area contributed by atoms with E-state index in [-0.39, 0.29) is 28.1 Å². The third-order valence-corrected chi connectivity index (χ3v) is 5.85. The van der Waals surface area contributed by atoms with E-state index in [1.54, 1.807) is 42.5 Å². The molecule has 1 heterocycles. The lowest BCUT2D eigenvalue weighted by Gasteiger charge is -2.17. The fraction of sp³-hybridized carbons (Fsp3) is 0.100. The van der Waals surface area contributed by atoms with Gasteiger partial charge in [0, 0.05) is 29.2 Å². The fourth-order valence-corrected chi connectivity index (χ4v) is 4.37. The summed E-state index contributed by atoms with van der Waals surface area (Å²) < 4.78 is 0. The smallest absolute Gasteiger partial charge is 0.328 e. The molecular formula is C20H14Cl2N2O5S. The van der Waals surface area contributed by atoms with Gasteiger partial charge in [-0.05, 0) is 36.4 Å². The Bertz CT molecular complexity index is 1040. The quantitative estimate of drug-likeness (QED) is 0.494. The van der Waals surface area contributed by atoms with Crippen molar-refractivity contribution in [1.29, 1.82) is 0 Å². The van der Waals surface area contributed by atoms with Crippen LogP contribution in [0.15, 0.2) is 59.5 Å². The number of carboxylic acids is 1. The molecular weight excluding hydrogens is 451 g/mol. The van der Waals surface area contributed by atoms with Crippen molar-refractivity contribution in [2.75, 3.05) is 10.2 Å². The number of thioether (sulfide) groups is 1. The van der Waals surface area contributed by atoms with Crippen LogP contribution in [0.5, 0.6) is 0 Å². The summed E-state index contributed by atoms with van der Waals surface area (Å²) in [4.78, 5) is 49.0. The molecule has 0 aliphatic carbocycles. The SMILES string of the molecule is O=C(O)/C=C/C(=O)Nc1ccc(SC2CC(=O)N(c3c(Cl)cccc3Cl)C2=O)cc1. The molecule has 3 rings (SSSR count). The summed E-state index contributed by atoms with van der Waals surface area (Å²) in [5.74, 6) is -2.60. The van der Waals surface area contributed by atoms with Crippen LogP contribution in [0, 0.1) is 0 Å². The molecule has 7 nitrogen and oxygen atoms in total. The maximum absolute atomic E-state index is 12.8. The van der Waals surface area contributed by atoms with E-state index in [1.165, 1.54) is 11.8 Å². The number of hydrogen-bond donors (Lipinski definition) is 2. The molecule has 0 radical (unpaired) electrons. The number of carbonyl (C=O) groups is 4. The van der Waals surface area contributed by atoms with Gasteiger partial charge in [-0.25, -0.2) is 9.69 Å². The lowest BCUT2D eigenvalue weighted by atomic mass is 10.3. The summed E-state index contributed by atoms with van der Waals surface area (Å²) >= 11 is 13.5. The molecule has 2 N–H and O–H groups in total. The van der Waals surface area contributed by atoms with Crippen molar-refractivity contribution in [2.45, 2.75) is 16.6 Å². The first-order chi connectivity index (χ1) is 14.3. The molecule has 1 aliphatic heterocycles. The summed E-state index contributed by atoms with van der Waals surface area (Å²) in [5.41, 5.74) is 0.643. The normalized spacial score (nSPS) is 16.3. The largest absolute Gasteiger partial charge is 0.478 e. The molecule has 1 fully saturated rings. The van der Waals surface area contributed by atoms with Crippen molar-refractivity contribution in [3.63, 3.8) is 0 Å². The average molecular weight is 465 g/mol. The van der Waals surface area contributed by atoms with Crippen molar-refractivity contribution in [3.8, 4) is 0 Å². The highest BCUT2D eigenvalue weighted by molar-refractivity contribution is 8.00. The van der Waals surface area contributed by atoms with Gasteiger partial charge in [0.25, 0.3) is 0 Å². The Morgan fingerprint density at radius 1 is 1.07 bits per heavy atom. The Balaban J connectivity index is 1.68. The summed E-state index contributed by atoms with van der Waals surface area (Å²) in [5, 5.41) is 10.8. The number of carboxylic acid groups (broad SMARTS) is 1. The Labute approximate surface area is 185 Å². The zero-order chi connectivity index (χ0) is 21.8. The van der Waals surface area contributed by atoms with Crippen molar-refractivity contribution in [1.82, 2.24) is 0 Å². The topological polar surface area (TPSA) is 104 Å². The molecule has 10 heteroatoms. The molecule has 3 amide bonds. The highest BCUT2D eigenvalue weighted by atomic mass is 35.5. The van der Waals surface area contributed by atoms with E-state index in [4.69, 9.17) is 28.3 Å². The number of nitrogens with zero attached hydrogens (tertiary/aromatic N) is 1. The Hall–Kier alpha value is -2.81. The Morgan fingerprint density at radius 2 is 1.70 bits per heavy atom. The maximum Gasteiger partial charge on any atom is 0.328 e. The fourth-order valence-electron chi connectivity index (χ4n) is 2.75. The number of halogens is 2. The average Bonchev–Trinajstić information content (AvgIpc) is 2.95. The van der Waals surface area contributed by atoms with E-state index in [0.717, 1.165) is 17.1 Å². The summed E-state index contributed by atoms with van der Waals surface area (Å²) in [6, 6.07) is 11.3. The summed E-state index contributed by atoms with van der Waals surface area (Å²) in [6.07, 6.45) is 1.64. The van der Waals surface area contributed by atoms with Crippen LogP contribution in [0.1, 0.15) is 6.42 Å². The van der Waals surface area contributed by atoms with Gasteiger partial charge in [-0.2, -0.15) is 0 Å². The van der Waals surface area contributed by atoms with Crippen LogP contribution < -0.4 is 10.2 Å². The number of amides is 3. The number of aliphatic carboxylic acids is 1. The first-order valence-corrected chi connectivity index (χ1v) is 10.2. The molecule has 0 spiro atoms.